The molecule has 1 aliphatic rings. The highest BCUT2D eigenvalue weighted by atomic mass is 19.4. The van der Waals surface area contributed by atoms with Gasteiger partial charge in [0.05, 0.1) is 18.6 Å². The summed E-state index contributed by atoms with van der Waals surface area (Å²) in [4.78, 5) is 0. The van der Waals surface area contributed by atoms with Crippen molar-refractivity contribution in [3.63, 3.8) is 0 Å². The third kappa shape index (κ3) is 4.47. The fourth-order valence-corrected chi connectivity index (χ4v) is 2.51. The predicted molar refractivity (Wildman–Crippen MR) is 60.6 cm³/mol. The van der Waals surface area contributed by atoms with Crippen LogP contribution in [0.3, 0.4) is 0 Å². The van der Waals surface area contributed by atoms with Gasteiger partial charge < -0.3 is 10.5 Å². The van der Waals surface area contributed by atoms with Gasteiger partial charge in [0.25, 0.3) is 0 Å². The molecule has 17 heavy (non-hydrogen) atoms. The van der Waals surface area contributed by atoms with Crippen molar-refractivity contribution in [3.05, 3.63) is 0 Å². The zero-order chi connectivity index (χ0) is 13.1. The summed E-state index contributed by atoms with van der Waals surface area (Å²) in [6.07, 6.45) is -1.85. The molecule has 1 saturated carbocycles. The van der Waals surface area contributed by atoms with E-state index in [4.69, 9.17) is 10.5 Å². The van der Waals surface area contributed by atoms with Gasteiger partial charge in [-0.2, -0.15) is 13.2 Å². The molecular weight excluding hydrogens is 231 g/mol. The van der Waals surface area contributed by atoms with Crippen molar-refractivity contribution in [1.29, 1.82) is 0 Å². The molecule has 5 heteroatoms. The van der Waals surface area contributed by atoms with Crippen molar-refractivity contribution in [1.82, 2.24) is 0 Å². The first kappa shape index (κ1) is 14.8. The summed E-state index contributed by atoms with van der Waals surface area (Å²) in [5, 5.41) is 0. The molecule has 2 N–H and O–H groups in total. The Bertz CT molecular complexity index is 230. The highest BCUT2D eigenvalue weighted by Gasteiger charge is 2.47. The lowest BCUT2D eigenvalue weighted by Crippen LogP contribution is -2.45. The zero-order valence-electron chi connectivity index (χ0n) is 10.5. The van der Waals surface area contributed by atoms with Gasteiger partial charge >= 0.3 is 6.18 Å². The lowest BCUT2D eigenvalue weighted by molar-refractivity contribution is -0.199. The summed E-state index contributed by atoms with van der Waals surface area (Å²) in [6, 6.07) is -0.510. The van der Waals surface area contributed by atoms with E-state index in [1.807, 2.05) is 13.8 Å². The van der Waals surface area contributed by atoms with Crippen LogP contribution in [0.1, 0.15) is 39.5 Å². The maximum absolute atomic E-state index is 12.9. The van der Waals surface area contributed by atoms with Gasteiger partial charge in [0, 0.05) is 6.04 Å². The number of rotatable bonds is 4. The van der Waals surface area contributed by atoms with Gasteiger partial charge in [-0.3, -0.25) is 0 Å². The Morgan fingerprint density at radius 2 is 1.82 bits per heavy atom. The Balaban J connectivity index is 2.58. The molecule has 0 spiro atoms. The molecule has 3 atom stereocenters. The van der Waals surface area contributed by atoms with Crippen LogP contribution in [0.5, 0.6) is 0 Å². The monoisotopic (exact) mass is 253 g/mol. The lowest BCUT2D eigenvalue weighted by Gasteiger charge is -2.36. The molecule has 0 radical (unpaired) electrons. The number of hydrogen-bond donors (Lipinski definition) is 1. The minimum absolute atomic E-state index is 0.00831. The maximum Gasteiger partial charge on any atom is 0.392 e. The van der Waals surface area contributed by atoms with Crippen LogP contribution in [-0.4, -0.2) is 24.9 Å². The van der Waals surface area contributed by atoms with Gasteiger partial charge in [0.15, 0.2) is 0 Å². The van der Waals surface area contributed by atoms with Gasteiger partial charge in [-0.15, -0.1) is 0 Å². The topological polar surface area (TPSA) is 35.2 Å². The van der Waals surface area contributed by atoms with E-state index in [-0.39, 0.29) is 19.1 Å². The Kier molecular flexibility index (Phi) is 5.25. The van der Waals surface area contributed by atoms with Crippen LogP contribution in [-0.2, 0) is 4.74 Å². The van der Waals surface area contributed by atoms with Crippen LogP contribution in [0, 0.1) is 11.8 Å². The summed E-state index contributed by atoms with van der Waals surface area (Å²) >= 11 is 0. The van der Waals surface area contributed by atoms with E-state index in [1.165, 1.54) is 0 Å². The van der Waals surface area contributed by atoms with E-state index in [0.29, 0.717) is 12.8 Å². The smallest absolute Gasteiger partial charge is 0.377 e. The molecule has 0 aromatic heterocycles. The third-order valence-corrected chi connectivity index (χ3v) is 3.41. The zero-order valence-corrected chi connectivity index (χ0v) is 10.5. The fraction of sp³-hybridized carbons (Fsp3) is 1.00. The fourth-order valence-electron chi connectivity index (χ4n) is 2.51. The van der Waals surface area contributed by atoms with E-state index >= 15 is 0 Å². The van der Waals surface area contributed by atoms with Crippen molar-refractivity contribution >= 4 is 0 Å². The Morgan fingerprint density at radius 3 is 2.35 bits per heavy atom. The summed E-state index contributed by atoms with van der Waals surface area (Å²) in [7, 11) is 0. The molecule has 0 amide bonds. The Morgan fingerprint density at radius 1 is 1.24 bits per heavy atom. The predicted octanol–water partition coefficient (Wildman–Crippen LogP) is 3.11. The van der Waals surface area contributed by atoms with Crippen LogP contribution in [0.25, 0.3) is 0 Å². The van der Waals surface area contributed by atoms with E-state index in [1.54, 1.807) is 0 Å². The molecule has 0 heterocycles. The van der Waals surface area contributed by atoms with Crippen LogP contribution >= 0.6 is 0 Å². The summed E-state index contributed by atoms with van der Waals surface area (Å²) < 4.78 is 43.9. The van der Waals surface area contributed by atoms with Crippen molar-refractivity contribution in [2.75, 3.05) is 6.61 Å². The minimum atomic E-state index is -4.12. The van der Waals surface area contributed by atoms with Crippen molar-refractivity contribution in [2.45, 2.75) is 57.9 Å². The van der Waals surface area contributed by atoms with Crippen molar-refractivity contribution in [3.8, 4) is 0 Å². The first-order chi connectivity index (χ1) is 7.82. The third-order valence-electron chi connectivity index (χ3n) is 3.41. The summed E-state index contributed by atoms with van der Waals surface area (Å²) in [5.74, 6) is -1.73. The van der Waals surface area contributed by atoms with Crippen LogP contribution < -0.4 is 5.73 Å². The van der Waals surface area contributed by atoms with E-state index in [2.05, 4.69) is 0 Å². The molecule has 1 fully saturated rings. The first-order valence-corrected chi connectivity index (χ1v) is 6.26. The van der Waals surface area contributed by atoms with Crippen molar-refractivity contribution in [2.24, 2.45) is 17.6 Å². The average molecular weight is 253 g/mol. The van der Waals surface area contributed by atoms with Gasteiger partial charge in [-0.05, 0) is 32.6 Å². The molecule has 0 aliphatic heterocycles. The molecule has 1 aliphatic carbocycles. The van der Waals surface area contributed by atoms with Crippen LogP contribution in [0.4, 0.5) is 13.2 Å². The summed E-state index contributed by atoms with van der Waals surface area (Å²) in [5.41, 5.74) is 5.86. The Hall–Kier alpha value is -0.290. The minimum Gasteiger partial charge on any atom is -0.377 e. The largest absolute Gasteiger partial charge is 0.392 e. The quantitative estimate of drug-likeness (QED) is 0.835. The molecule has 0 aromatic rings. The maximum atomic E-state index is 12.9. The Labute approximate surface area is 101 Å². The molecule has 0 saturated heterocycles. The molecule has 102 valence electrons. The van der Waals surface area contributed by atoms with Gasteiger partial charge in [-0.25, -0.2) is 0 Å². The highest BCUT2D eigenvalue weighted by Crippen LogP contribution is 2.42. The molecular formula is C12H22F3NO. The van der Waals surface area contributed by atoms with Gasteiger partial charge in [0.2, 0.25) is 0 Å². The second-order valence-electron chi connectivity index (χ2n) is 5.14. The van der Waals surface area contributed by atoms with Crippen LogP contribution in [0.2, 0.25) is 0 Å². The molecule has 0 aromatic carbocycles. The van der Waals surface area contributed by atoms with Crippen LogP contribution in [0.15, 0.2) is 0 Å². The molecule has 1 rings (SSSR count). The second-order valence-corrected chi connectivity index (χ2v) is 5.14. The number of nitrogens with two attached hydrogens (primary N) is 1. The molecule has 2 nitrogen and oxygen atoms in total. The number of ether oxygens (including phenoxy) is 1. The molecule has 0 bridgehead atoms. The SMILES string of the molecule is CC(C)OCC(N)C1CCCCC1C(F)(F)F. The standard InChI is InChI=1S/C12H22F3NO/c1-8(2)17-7-11(16)9-5-3-4-6-10(9)12(13,14)15/h8-11H,3-7,16H2,1-2H3. The van der Waals surface area contributed by atoms with E-state index in [0.717, 1.165) is 6.42 Å². The number of alkyl halides is 3. The van der Waals surface area contributed by atoms with Gasteiger partial charge in [0.1, 0.15) is 0 Å². The number of hydrogen-bond acceptors (Lipinski definition) is 2. The summed E-state index contributed by atoms with van der Waals surface area (Å²) in [6.45, 7) is 3.93. The highest BCUT2D eigenvalue weighted by molar-refractivity contribution is 4.86. The van der Waals surface area contributed by atoms with Crippen molar-refractivity contribution < 1.29 is 17.9 Å². The second kappa shape index (κ2) is 6.05. The van der Waals surface area contributed by atoms with Gasteiger partial charge in [-0.1, -0.05) is 12.8 Å². The molecule has 3 unspecified atom stereocenters. The number of halogens is 3. The van der Waals surface area contributed by atoms with E-state index < -0.39 is 24.1 Å². The first-order valence-electron chi connectivity index (χ1n) is 6.26. The average Bonchev–Trinajstić information content (AvgIpc) is 2.24. The van der Waals surface area contributed by atoms with E-state index in [9.17, 15) is 13.2 Å². The normalized spacial score (nSPS) is 28.4. The lowest BCUT2D eigenvalue weighted by atomic mass is 9.75.